The number of amides is 1. The van der Waals surface area contributed by atoms with Crippen LogP contribution in [-0.4, -0.2) is 64.1 Å². The second-order valence-corrected chi connectivity index (χ2v) is 8.73. The van der Waals surface area contributed by atoms with E-state index in [-0.39, 0.29) is 30.8 Å². The molecule has 13 heteroatoms. The van der Waals surface area contributed by atoms with Gasteiger partial charge in [0, 0.05) is 24.7 Å². The van der Waals surface area contributed by atoms with Gasteiger partial charge in [0.1, 0.15) is 6.04 Å². The number of unbranched alkanes of at least 4 members (excludes halogenated alkanes) is 1. The summed E-state index contributed by atoms with van der Waals surface area (Å²) in [5, 5.41) is 2.75. The van der Waals surface area contributed by atoms with Gasteiger partial charge in [0.15, 0.2) is 17.0 Å². The van der Waals surface area contributed by atoms with E-state index in [1.165, 1.54) is 0 Å². The number of nitrogens with two attached hydrogens (primary N) is 2. The lowest BCUT2D eigenvalue weighted by atomic mass is 10.1. The summed E-state index contributed by atoms with van der Waals surface area (Å²) in [6, 6.07) is 6.11. The van der Waals surface area contributed by atoms with Crippen LogP contribution < -0.4 is 21.7 Å². The second kappa shape index (κ2) is 13.8. The molecule has 1 amide bonds. The van der Waals surface area contributed by atoms with Gasteiger partial charge in [-0.05, 0) is 51.0 Å². The van der Waals surface area contributed by atoms with Crippen LogP contribution in [0.5, 0.6) is 0 Å². The number of nitrogens with one attached hydrogen (secondary N) is 1. The molecule has 3 rings (SSSR count). The van der Waals surface area contributed by atoms with Crippen molar-refractivity contribution >= 4 is 46.5 Å². The zero-order valence-corrected chi connectivity index (χ0v) is 22.3. The lowest BCUT2D eigenvalue weighted by molar-refractivity contribution is -0.145. The summed E-state index contributed by atoms with van der Waals surface area (Å²) in [5.41, 5.74) is 14.1. The molecule has 2 heterocycles. The molecular weight excluding hydrogens is 504 g/mol. The average Bonchev–Trinajstić information content (AvgIpc) is 2.91. The van der Waals surface area contributed by atoms with Gasteiger partial charge in [-0.2, -0.15) is 9.97 Å². The van der Waals surface area contributed by atoms with Crippen LogP contribution in [0.3, 0.4) is 0 Å². The van der Waals surface area contributed by atoms with E-state index >= 15 is 0 Å². The van der Waals surface area contributed by atoms with Crippen molar-refractivity contribution in [3.8, 4) is 0 Å². The minimum atomic E-state index is -0.819. The minimum Gasteiger partial charge on any atom is -0.466 e. The summed E-state index contributed by atoms with van der Waals surface area (Å²) in [7, 11) is 1.87. The Balaban J connectivity index is 1.61. The molecule has 0 spiro atoms. The van der Waals surface area contributed by atoms with Crippen LogP contribution in [0.25, 0.3) is 11.2 Å². The lowest BCUT2D eigenvalue weighted by Gasteiger charge is -2.20. The van der Waals surface area contributed by atoms with Gasteiger partial charge in [-0.25, -0.2) is 14.8 Å². The van der Waals surface area contributed by atoms with Crippen LogP contribution in [0.2, 0.25) is 0 Å². The summed E-state index contributed by atoms with van der Waals surface area (Å²) < 4.78 is 10.0. The maximum atomic E-state index is 12.9. The first-order valence-corrected chi connectivity index (χ1v) is 12.7. The van der Waals surface area contributed by atoms with E-state index in [1.54, 1.807) is 44.3 Å². The Kier molecular flexibility index (Phi) is 10.3. The van der Waals surface area contributed by atoms with Gasteiger partial charge in [-0.1, -0.05) is 6.42 Å². The summed E-state index contributed by atoms with van der Waals surface area (Å²) in [6.07, 6.45) is 3.29. The number of nitrogen functional groups attached to an aromatic ring is 2. The summed E-state index contributed by atoms with van der Waals surface area (Å²) in [4.78, 5) is 55.5. The molecule has 0 fully saturated rings. The molecule has 5 N–H and O–H groups in total. The number of carbonyl (C=O) groups excluding carboxylic acids is 3. The smallest absolute Gasteiger partial charge is 0.328 e. The highest BCUT2D eigenvalue weighted by Crippen LogP contribution is 2.19. The SMILES string of the molecule is CCOC(=O)CCCCC(NC(=O)c1ccc(N(C)Cc2cnc3nc(N)nc(N)c3n2)cc1)C(=O)OCC. The maximum absolute atomic E-state index is 12.9. The van der Waals surface area contributed by atoms with Crippen molar-refractivity contribution < 1.29 is 23.9 Å². The Hall–Kier alpha value is -4.55. The lowest BCUT2D eigenvalue weighted by Crippen LogP contribution is -2.41. The van der Waals surface area contributed by atoms with Crippen molar-refractivity contribution in [1.82, 2.24) is 25.3 Å². The molecule has 3 aromatic rings. The number of hydrogen-bond acceptors (Lipinski definition) is 12. The van der Waals surface area contributed by atoms with Crippen molar-refractivity contribution in [1.29, 1.82) is 0 Å². The number of hydrogen-bond donors (Lipinski definition) is 3. The van der Waals surface area contributed by atoms with E-state index in [9.17, 15) is 14.4 Å². The fourth-order valence-electron chi connectivity index (χ4n) is 3.84. The highest BCUT2D eigenvalue weighted by molar-refractivity contribution is 5.97. The molecule has 0 radical (unpaired) electrons. The zero-order valence-electron chi connectivity index (χ0n) is 22.3. The second-order valence-electron chi connectivity index (χ2n) is 8.73. The topological polar surface area (TPSA) is 189 Å². The largest absolute Gasteiger partial charge is 0.466 e. The maximum Gasteiger partial charge on any atom is 0.328 e. The molecule has 0 aliphatic carbocycles. The molecular formula is C26H34N8O5. The van der Waals surface area contributed by atoms with E-state index in [4.69, 9.17) is 20.9 Å². The molecule has 39 heavy (non-hydrogen) atoms. The molecule has 0 aliphatic rings. The standard InChI is InChI=1S/C26H34N8O5/c1-4-38-20(35)9-7-6-8-19(25(37)39-5-2)31-24(36)16-10-12-18(13-11-16)34(3)15-17-14-29-23-21(30-17)22(27)32-26(28)33-23/h10-14,19H,4-9,15H2,1-3H3,(H,31,36)(H4,27,28,29,32,33). The molecule has 0 aliphatic heterocycles. The third-order valence-electron chi connectivity index (χ3n) is 5.78. The van der Waals surface area contributed by atoms with E-state index < -0.39 is 17.9 Å². The normalized spacial score (nSPS) is 11.6. The van der Waals surface area contributed by atoms with E-state index in [2.05, 4.69) is 25.3 Å². The number of nitrogens with zero attached hydrogens (tertiary/aromatic N) is 5. The van der Waals surface area contributed by atoms with Gasteiger partial charge >= 0.3 is 11.9 Å². The number of rotatable bonds is 13. The van der Waals surface area contributed by atoms with Crippen LogP contribution in [0.4, 0.5) is 17.5 Å². The number of carbonyl (C=O) groups is 3. The van der Waals surface area contributed by atoms with Crippen molar-refractivity contribution in [2.75, 3.05) is 36.6 Å². The molecule has 1 aromatic carbocycles. The molecule has 2 aromatic heterocycles. The molecule has 0 bridgehead atoms. The van der Waals surface area contributed by atoms with Crippen molar-refractivity contribution in [2.45, 2.75) is 52.1 Å². The number of benzene rings is 1. The van der Waals surface area contributed by atoms with E-state index in [1.807, 2.05) is 11.9 Å². The fraction of sp³-hybridized carbons (Fsp3) is 0.423. The Morgan fingerprint density at radius 3 is 2.41 bits per heavy atom. The third kappa shape index (κ3) is 8.22. The van der Waals surface area contributed by atoms with Crippen molar-refractivity contribution in [3.05, 3.63) is 41.7 Å². The van der Waals surface area contributed by atoms with Gasteiger partial charge in [0.05, 0.1) is 31.6 Å². The van der Waals surface area contributed by atoms with Gasteiger partial charge in [0.2, 0.25) is 5.95 Å². The van der Waals surface area contributed by atoms with Gasteiger partial charge in [-0.3, -0.25) is 9.59 Å². The third-order valence-corrected chi connectivity index (χ3v) is 5.78. The highest BCUT2D eigenvalue weighted by atomic mass is 16.5. The summed E-state index contributed by atoms with van der Waals surface area (Å²) in [5.74, 6) is -1.00. The van der Waals surface area contributed by atoms with Crippen LogP contribution >= 0.6 is 0 Å². The zero-order chi connectivity index (χ0) is 28.4. The number of fused-ring (bicyclic) bond motifs is 1. The van der Waals surface area contributed by atoms with Gasteiger partial charge < -0.3 is 31.2 Å². The van der Waals surface area contributed by atoms with Gasteiger partial charge in [0.25, 0.3) is 5.91 Å². The minimum absolute atomic E-state index is 0.0332. The van der Waals surface area contributed by atoms with E-state index in [0.717, 1.165) is 5.69 Å². The molecule has 0 saturated carbocycles. The number of esters is 2. The Morgan fingerprint density at radius 2 is 1.72 bits per heavy atom. The highest BCUT2D eigenvalue weighted by Gasteiger charge is 2.22. The van der Waals surface area contributed by atoms with Crippen LogP contribution in [-0.2, 0) is 25.6 Å². The Bertz CT molecular complexity index is 1300. The number of ether oxygens (including phenoxy) is 2. The summed E-state index contributed by atoms with van der Waals surface area (Å²) >= 11 is 0. The average molecular weight is 539 g/mol. The van der Waals surface area contributed by atoms with Crippen LogP contribution in [0.15, 0.2) is 30.5 Å². The molecule has 1 unspecified atom stereocenters. The monoisotopic (exact) mass is 538 g/mol. The first kappa shape index (κ1) is 29.0. The fourth-order valence-corrected chi connectivity index (χ4v) is 3.84. The quantitative estimate of drug-likeness (QED) is 0.212. The molecule has 208 valence electrons. The number of aromatic nitrogens is 4. The molecule has 13 nitrogen and oxygen atoms in total. The molecule has 1 atom stereocenters. The van der Waals surface area contributed by atoms with Crippen molar-refractivity contribution in [3.63, 3.8) is 0 Å². The van der Waals surface area contributed by atoms with Gasteiger partial charge in [-0.15, -0.1) is 0 Å². The predicted molar refractivity (Wildman–Crippen MR) is 145 cm³/mol. The predicted octanol–water partition coefficient (Wildman–Crippen LogP) is 2.01. The Labute approximate surface area is 226 Å². The number of anilines is 3. The van der Waals surface area contributed by atoms with E-state index in [0.29, 0.717) is 54.8 Å². The van der Waals surface area contributed by atoms with Crippen LogP contribution in [0, 0.1) is 0 Å². The Morgan fingerprint density at radius 1 is 1.00 bits per heavy atom. The van der Waals surface area contributed by atoms with Crippen molar-refractivity contribution in [2.24, 2.45) is 0 Å². The first-order valence-electron chi connectivity index (χ1n) is 12.7. The molecule has 0 saturated heterocycles. The first-order chi connectivity index (χ1) is 18.7. The van der Waals surface area contributed by atoms with Crippen LogP contribution in [0.1, 0.15) is 55.6 Å². The summed E-state index contributed by atoms with van der Waals surface area (Å²) in [6.45, 7) is 4.39.